The first kappa shape index (κ1) is 15.5. The van der Waals surface area contributed by atoms with Crippen molar-refractivity contribution in [2.24, 2.45) is 0 Å². The molecule has 2 fully saturated rings. The number of carbonyl (C=O) groups is 2. The highest BCUT2D eigenvalue weighted by Crippen LogP contribution is 2.47. The van der Waals surface area contributed by atoms with E-state index in [1.54, 1.807) is 34.9 Å². The zero-order valence-electron chi connectivity index (χ0n) is 12.4. The van der Waals surface area contributed by atoms with Gasteiger partial charge in [0.15, 0.2) is 0 Å². The summed E-state index contributed by atoms with van der Waals surface area (Å²) >= 11 is 7.74. The zero-order chi connectivity index (χ0) is 15.9. The van der Waals surface area contributed by atoms with Gasteiger partial charge in [-0.25, -0.2) is 0 Å². The van der Waals surface area contributed by atoms with Gasteiger partial charge in [-0.05, 0) is 31.5 Å². The van der Waals surface area contributed by atoms with E-state index in [-0.39, 0.29) is 16.7 Å². The molecule has 0 bridgehead atoms. The van der Waals surface area contributed by atoms with E-state index < -0.39 is 6.04 Å². The maximum Gasteiger partial charge on any atom is 0.248 e. The number of halogens is 1. The molecular formula is C15H17ClN2O3S. The smallest absolute Gasteiger partial charge is 0.248 e. The molecule has 1 N–H and O–H groups in total. The molecule has 0 spiro atoms. The Bertz CT molecular complexity index is 639. The van der Waals surface area contributed by atoms with Crippen molar-refractivity contribution in [3.8, 4) is 5.75 Å². The van der Waals surface area contributed by atoms with Crippen LogP contribution in [0.15, 0.2) is 18.2 Å². The molecule has 118 valence electrons. The maximum absolute atomic E-state index is 12.5. The number of thioether (sulfide) groups is 1. The third kappa shape index (κ3) is 2.54. The lowest BCUT2D eigenvalue weighted by Crippen LogP contribution is -2.48. The van der Waals surface area contributed by atoms with E-state index in [0.717, 1.165) is 6.42 Å². The lowest BCUT2D eigenvalue weighted by Gasteiger charge is -2.29. The average molecular weight is 341 g/mol. The van der Waals surface area contributed by atoms with Crippen LogP contribution in [0.5, 0.6) is 5.75 Å². The fourth-order valence-electron chi connectivity index (χ4n) is 2.98. The van der Waals surface area contributed by atoms with Gasteiger partial charge in [-0.1, -0.05) is 11.6 Å². The summed E-state index contributed by atoms with van der Waals surface area (Å²) in [4.78, 5) is 26.1. The fourth-order valence-corrected chi connectivity index (χ4v) is 4.67. The van der Waals surface area contributed by atoms with E-state index in [0.29, 0.717) is 28.6 Å². The second kappa shape index (κ2) is 5.66. The molecule has 2 aliphatic heterocycles. The molecule has 7 heteroatoms. The number of hydrogen-bond donors (Lipinski definition) is 1. The largest absolute Gasteiger partial charge is 0.495 e. The van der Waals surface area contributed by atoms with E-state index in [4.69, 9.17) is 16.3 Å². The van der Waals surface area contributed by atoms with Gasteiger partial charge in [-0.15, -0.1) is 11.8 Å². The Morgan fingerprint density at radius 1 is 1.55 bits per heavy atom. The highest BCUT2D eigenvalue weighted by Gasteiger charge is 2.52. The molecule has 5 nitrogen and oxygen atoms in total. The zero-order valence-corrected chi connectivity index (χ0v) is 14.0. The van der Waals surface area contributed by atoms with E-state index in [2.05, 4.69) is 5.32 Å². The quantitative estimate of drug-likeness (QED) is 0.919. The van der Waals surface area contributed by atoms with Gasteiger partial charge in [0.1, 0.15) is 11.8 Å². The average Bonchev–Trinajstić information content (AvgIpc) is 2.96. The number of fused-ring (bicyclic) bond motifs is 1. The van der Waals surface area contributed by atoms with Gasteiger partial charge in [-0.2, -0.15) is 0 Å². The molecule has 3 rings (SSSR count). The molecule has 2 atom stereocenters. The van der Waals surface area contributed by atoms with Crippen molar-refractivity contribution in [3.63, 3.8) is 0 Å². The number of rotatable bonds is 3. The van der Waals surface area contributed by atoms with E-state index in [1.165, 1.54) is 7.11 Å². The van der Waals surface area contributed by atoms with Gasteiger partial charge in [-0.3, -0.25) is 9.59 Å². The number of hydrogen-bond acceptors (Lipinski definition) is 4. The van der Waals surface area contributed by atoms with Crippen LogP contribution < -0.4 is 10.1 Å². The lowest BCUT2D eigenvalue weighted by atomic mass is 10.2. The van der Waals surface area contributed by atoms with Crippen LogP contribution in [0.2, 0.25) is 5.02 Å². The van der Waals surface area contributed by atoms with Crippen molar-refractivity contribution >= 4 is 40.9 Å². The molecule has 0 saturated carbocycles. The van der Waals surface area contributed by atoms with Gasteiger partial charge < -0.3 is 15.0 Å². The van der Waals surface area contributed by atoms with Crippen molar-refractivity contribution in [1.29, 1.82) is 0 Å². The molecular weight excluding hydrogens is 324 g/mol. The molecule has 0 unspecified atom stereocenters. The molecule has 0 aromatic heterocycles. The summed E-state index contributed by atoms with van der Waals surface area (Å²) in [6.07, 6.45) is 1.32. The summed E-state index contributed by atoms with van der Waals surface area (Å²) in [6.45, 7) is 2.03. The predicted molar refractivity (Wildman–Crippen MR) is 87.4 cm³/mol. The topological polar surface area (TPSA) is 58.6 Å². The summed E-state index contributed by atoms with van der Waals surface area (Å²) in [7, 11) is 1.54. The first-order valence-electron chi connectivity index (χ1n) is 7.05. The van der Waals surface area contributed by atoms with Crippen LogP contribution in [-0.2, 0) is 9.59 Å². The first-order valence-corrected chi connectivity index (χ1v) is 8.41. The van der Waals surface area contributed by atoms with Gasteiger partial charge in [0.25, 0.3) is 0 Å². The monoisotopic (exact) mass is 340 g/mol. The molecule has 2 heterocycles. The number of benzene rings is 1. The van der Waals surface area contributed by atoms with Gasteiger partial charge in [0.2, 0.25) is 11.8 Å². The van der Waals surface area contributed by atoms with Crippen molar-refractivity contribution in [2.75, 3.05) is 18.2 Å². The molecule has 2 saturated heterocycles. The Hall–Kier alpha value is -1.40. The molecule has 2 amide bonds. The Labute approximate surface area is 138 Å². The Kier molecular flexibility index (Phi) is 3.99. The SMILES string of the molecule is COc1ccc(NC(=O)[C@@H]2CS[C@@]3(C)CCC(=O)N23)cc1Cl. The molecule has 0 aliphatic carbocycles. The molecule has 22 heavy (non-hydrogen) atoms. The van der Waals surface area contributed by atoms with E-state index in [9.17, 15) is 9.59 Å². The van der Waals surface area contributed by atoms with Crippen LogP contribution in [0.1, 0.15) is 19.8 Å². The number of methoxy groups -OCH3 is 1. The number of anilines is 1. The summed E-state index contributed by atoms with van der Waals surface area (Å²) in [5, 5.41) is 3.27. The normalized spacial score (nSPS) is 27.0. The second-order valence-corrected chi connectivity index (χ2v) is 7.51. The Morgan fingerprint density at radius 2 is 2.32 bits per heavy atom. The summed E-state index contributed by atoms with van der Waals surface area (Å²) in [5.74, 6) is 1.06. The predicted octanol–water partition coefficient (Wildman–Crippen LogP) is 2.74. The first-order chi connectivity index (χ1) is 10.4. The standard InChI is InChI=1S/C15H17ClN2O3S/c1-15-6-5-13(19)18(15)11(8-22-15)14(20)17-9-3-4-12(21-2)10(16)7-9/h3-4,7,11H,5-6,8H2,1-2H3,(H,17,20)/t11-,15-/m0/s1. The molecule has 2 aliphatic rings. The van der Waals surface area contributed by atoms with Crippen LogP contribution in [0, 0.1) is 0 Å². The van der Waals surface area contributed by atoms with E-state index in [1.807, 2.05) is 6.92 Å². The van der Waals surface area contributed by atoms with Crippen LogP contribution in [0.3, 0.4) is 0 Å². The van der Waals surface area contributed by atoms with Crippen molar-refractivity contribution in [3.05, 3.63) is 23.2 Å². The third-order valence-electron chi connectivity index (χ3n) is 4.17. The van der Waals surface area contributed by atoms with Gasteiger partial charge in [0, 0.05) is 17.9 Å². The number of amides is 2. The minimum atomic E-state index is -0.425. The number of carbonyl (C=O) groups excluding carboxylic acids is 2. The summed E-state index contributed by atoms with van der Waals surface area (Å²) in [6, 6.07) is 4.65. The van der Waals surface area contributed by atoms with Crippen LogP contribution in [0.4, 0.5) is 5.69 Å². The highest BCUT2D eigenvalue weighted by molar-refractivity contribution is 8.01. The number of ether oxygens (including phenoxy) is 1. The summed E-state index contributed by atoms with van der Waals surface area (Å²) in [5.41, 5.74) is 0.598. The van der Waals surface area contributed by atoms with Gasteiger partial charge in [0.05, 0.1) is 17.0 Å². The van der Waals surface area contributed by atoms with Crippen LogP contribution in [-0.4, -0.2) is 40.5 Å². The Morgan fingerprint density at radius 3 is 3.00 bits per heavy atom. The second-order valence-electron chi connectivity index (χ2n) is 5.60. The molecule has 0 radical (unpaired) electrons. The molecule has 1 aromatic carbocycles. The molecule has 1 aromatic rings. The van der Waals surface area contributed by atoms with Crippen LogP contribution in [0.25, 0.3) is 0 Å². The number of nitrogens with zero attached hydrogens (tertiary/aromatic N) is 1. The number of nitrogens with one attached hydrogen (secondary N) is 1. The lowest BCUT2D eigenvalue weighted by molar-refractivity contribution is -0.135. The highest BCUT2D eigenvalue weighted by atomic mass is 35.5. The van der Waals surface area contributed by atoms with Crippen molar-refractivity contribution in [1.82, 2.24) is 4.90 Å². The fraction of sp³-hybridized carbons (Fsp3) is 0.467. The van der Waals surface area contributed by atoms with Crippen LogP contribution >= 0.6 is 23.4 Å². The third-order valence-corrected chi connectivity index (χ3v) is 5.97. The van der Waals surface area contributed by atoms with Crippen molar-refractivity contribution < 1.29 is 14.3 Å². The maximum atomic E-state index is 12.5. The summed E-state index contributed by atoms with van der Waals surface area (Å²) < 4.78 is 5.09. The van der Waals surface area contributed by atoms with Gasteiger partial charge >= 0.3 is 0 Å². The van der Waals surface area contributed by atoms with E-state index >= 15 is 0 Å². The Balaban J connectivity index is 1.75. The minimum Gasteiger partial charge on any atom is -0.495 e. The van der Waals surface area contributed by atoms with Crippen molar-refractivity contribution in [2.45, 2.75) is 30.7 Å². The minimum absolute atomic E-state index is 0.0559.